The van der Waals surface area contributed by atoms with Crippen molar-refractivity contribution in [1.82, 2.24) is 10.2 Å². The standard InChI is InChI=1S/C30H38ClN3O5/c1-16-6-4-8-22(18(16)3)33-28(36)26-30-12-11-23(39-30)24(27(35)32-19-10-9-17(2)21(31)14-19)25(30)29(37)34(26)15-20-7-5-13-38-20/h9-12,14,16,18,20,22-26H,4-8,13,15H2,1-3H3,(H,32,35)(H,33,36)/t16?,18?,20?,22?,23-,24?,25-,26?,30?/m1/s1. The van der Waals surface area contributed by atoms with Gasteiger partial charge in [-0.25, -0.2) is 0 Å². The van der Waals surface area contributed by atoms with Crippen LogP contribution in [0.5, 0.6) is 0 Å². The highest BCUT2D eigenvalue weighted by Gasteiger charge is 2.73. The van der Waals surface area contributed by atoms with Crippen molar-refractivity contribution in [2.75, 3.05) is 18.5 Å². The summed E-state index contributed by atoms with van der Waals surface area (Å²) in [5, 5.41) is 6.79. The van der Waals surface area contributed by atoms with E-state index in [1.54, 1.807) is 17.0 Å². The summed E-state index contributed by atoms with van der Waals surface area (Å²) in [6, 6.07) is 4.54. The van der Waals surface area contributed by atoms with Gasteiger partial charge in [0.25, 0.3) is 0 Å². The second-order valence-corrected chi connectivity index (χ2v) is 12.6. The fraction of sp³-hybridized carbons (Fsp3) is 0.633. The zero-order valence-corrected chi connectivity index (χ0v) is 23.6. The van der Waals surface area contributed by atoms with Gasteiger partial charge < -0.3 is 25.0 Å². The number of hydrogen-bond acceptors (Lipinski definition) is 5. The first-order chi connectivity index (χ1) is 18.7. The van der Waals surface area contributed by atoms with E-state index in [4.69, 9.17) is 21.1 Å². The molecule has 1 saturated carbocycles. The summed E-state index contributed by atoms with van der Waals surface area (Å²) in [5.41, 5.74) is 0.291. The number of nitrogens with one attached hydrogen (secondary N) is 2. The number of nitrogens with zero attached hydrogens (tertiary/aromatic N) is 1. The van der Waals surface area contributed by atoms with Crippen LogP contribution in [0, 0.1) is 30.6 Å². The van der Waals surface area contributed by atoms with Gasteiger partial charge in [0.1, 0.15) is 11.6 Å². The molecule has 6 rings (SSSR count). The van der Waals surface area contributed by atoms with Gasteiger partial charge in [-0.1, -0.05) is 56.5 Å². The number of anilines is 1. The minimum atomic E-state index is -1.18. The smallest absolute Gasteiger partial charge is 0.246 e. The Morgan fingerprint density at radius 3 is 2.72 bits per heavy atom. The molecule has 9 heteroatoms. The molecule has 2 N–H and O–H groups in total. The third kappa shape index (κ3) is 4.49. The molecule has 1 aliphatic carbocycles. The summed E-state index contributed by atoms with van der Waals surface area (Å²) in [6.07, 6.45) is 7.91. The predicted octanol–water partition coefficient (Wildman–Crippen LogP) is 3.86. The fourth-order valence-electron chi connectivity index (χ4n) is 7.42. The number of carbonyl (C=O) groups is 3. The second-order valence-electron chi connectivity index (χ2n) is 12.2. The molecule has 3 amide bonds. The van der Waals surface area contributed by atoms with Crippen molar-refractivity contribution in [2.24, 2.45) is 23.7 Å². The van der Waals surface area contributed by atoms with Crippen LogP contribution in [0.1, 0.15) is 51.5 Å². The normalized spacial score (nSPS) is 38.8. The Morgan fingerprint density at radius 1 is 1.15 bits per heavy atom. The minimum absolute atomic E-state index is 0.0457. The summed E-state index contributed by atoms with van der Waals surface area (Å²) >= 11 is 6.28. The Kier molecular flexibility index (Phi) is 7.01. The van der Waals surface area contributed by atoms with Gasteiger partial charge >= 0.3 is 0 Å². The van der Waals surface area contributed by atoms with Gasteiger partial charge in [0, 0.05) is 29.9 Å². The fourth-order valence-corrected chi connectivity index (χ4v) is 7.60. The van der Waals surface area contributed by atoms with Gasteiger partial charge in [-0.2, -0.15) is 0 Å². The Hall–Kier alpha value is -2.42. The lowest BCUT2D eigenvalue weighted by Crippen LogP contribution is -2.58. The Balaban J connectivity index is 1.29. The van der Waals surface area contributed by atoms with Crippen LogP contribution in [0.25, 0.3) is 0 Å². The van der Waals surface area contributed by atoms with Gasteiger partial charge in [0.2, 0.25) is 17.7 Å². The number of likely N-dealkylation sites (tertiary alicyclic amines) is 1. The number of carbonyl (C=O) groups excluding carboxylic acids is 3. The number of fused-ring (bicyclic) bond motifs is 1. The maximum absolute atomic E-state index is 14.1. The molecular formula is C30H38ClN3O5. The Labute approximate surface area is 234 Å². The summed E-state index contributed by atoms with van der Waals surface area (Å²) in [7, 11) is 0. The van der Waals surface area contributed by atoms with Crippen LogP contribution in [0.4, 0.5) is 5.69 Å². The summed E-state index contributed by atoms with van der Waals surface area (Å²) in [4.78, 5) is 43.5. The Morgan fingerprint density at radius 2 is 1.97 bits per heavy atom. The molecule has 1 aromatic carbocycles. The lowest BCUT2D eigenvalue weighted by molar-refractivity contribution is -0.143. The molecule has 3 saturated heterocycles. The van der Waals surface area contributed by atoms with Crippen molar-refractivity contribution in [3.05, 3.63) is 40.9 Å². The first-order valence-electron chi connectivity index (χ1n) is 14.4. The average Bonchev–Trinajstić information content (AvgIpc) is 3.67. The molecule has 2 bridgehead atoms. The first-order valence-corrected chi connectivity index (χ1v) is 14.7. The van der Waals surface area contributed by atoms with Crippen LogP contribution in [-0.2, 0) is 23.9 Å². The highest BCUT2D eigenvalue weighted by molar-refractivity contribution is 6.31. The van der Waals surface area contributed by atoms with E-state index in [0.717, 1.165) is 37.7 Å². The molecule has 210 valence electrons. The van der Waals surface area contributed by atoms with Crippen molar-refractivity contribution in [1.29, 1.82) is 0 Å². The molecule has 0 aromatic heterocycles. The lowest BCUT2D eigenvalue weighted by Gasteiger charge is -2.38. The molecule has 8 nitrogen and oxygen atoms in total. The zero-order valence-electron chi connectivity index (χ0n) is 22.8. The molecule has 4 heterocycles. The van der Waals surface area contributed by atoms with Crippen molar-refractivity contribution < 1.29 is 23.9 Å². The van der Waals surface area contributed by atoms with Gasteiger partial charge in [0.15, 0.2) is 0 Å². The van der Waals surface area contributed by atoms with E-state index in [1.165, 1.54) is 0 Å². The van der Waals surface area contributed by atoms with Crippen molar-refractivity contribution in [3.63, 3.8) is 0 Å². The average molecular weight is 556 g/mol. The van der Waals surface area contributed by atoms with Crippen LogP contribution in [-0.4, -0.2) is 65.7 Å². The highest BCUT2D eigenvalue weighted by atomic mass is 35.5. The van der Waals surface area contributed by atoms with Gasteiger partial charge in [-0.15, -0.1) is 0 Å². The van der Waals surface area contributed by atoms with E-state index >= 15 is 0 Å². The molecule has 5 aliphatic rings. The largest absolute Gasteiger partial charge is 0.376 e. The lowest BCUT2D eigenvalue weighted by atomic mass is 9.73. The number of amides is 3. The molecule has 4 aliphatic heterocycles. The van der Waals surface area contributed by atoms with Crippen LogP contribution < -0.4 is 10.6 Å². The molecule has 39 heavy (non-hydrogen) atoms. The van der Waals surface area contributed by atoms with E-state index in [1.807, 2.05) is 25.1 Å². The molecule has 4 fully saturated rings. The third-order valence-electron chi connectivity index (χ3n) is 9.82. The maximum Gasteiger partial charge on any atom is 0.246 e. The first kappa shape index (κ1) is 26.8. The molecule has 0 radical (unpaired) electrons. The van der Waals surface area contributed by atoms with Crippen LogP contribution in [0.3, 0.4) is 0 Å². The van der Waals surface area contributed by atoms with Crippen molar-refractivity contribution in [2.45, 2.75) is 82.8 Å². The number of hydrogen-bond donors (Lipinski definition) is 2. The second kappa shape index (κ2) is 10.2. The summed E-state index contributed by atoms with van der Waals surface area (Å²) in [6.45, 7) is 7.28. The van der Waals surface area contributed by atoms with E-state index < -0.39 is 29.6 Å². The number of benzene rings is 1. The SMILES string of the molecule is Cc1ccc(NC(=O)C2[C@H]3C=CC4(O3)C(C(=O)NC3CCCC(C)C3C)N(CC3CCCO3)C(=O)[C@@H]24)cc1Cl. The quantitative estimate of drug-likeness (QED) is 0.520. The van der Waals surface area contributed by atoms with Crippen LogP contribution in [0.2, 0.25) is 5.02 Å². The third-order valence-corrected chi connectivity index (χ3v) is 10.2. The van der Waals surface area contributed by atoms with Gasteiger partial charge in [-0.05, 0) is 55.7 Å². The minimum Gasteiger partial charge on any atom is -0.376 e. The predicted molar refractivity (Wildman–Crippen MR) is 147 cm³/mol. The maximum atomic E-state index is 14.1. The monoisotopic (exact) mass is 555 g/mol. The van der Waals surface area contributed by atoms with Crippen molar-refractivity contribution in [3.8, 4) is 0 Å². The topological polar surface area (TPSA) is 97.0 Å². The van der Waals surface area contributed by atoms with Gasteiger partial charge in [0.05, 0.1) is 24.0 Å². The van der Waals surface area contributed by atoms with E-state index in [9.17, 15) is 14.4 Å². The number of halogens is 1. The van der Waals surface area contributed by atoms with Gasteiger partial charge in [-0.3, -0.25) is 14.4 Å². The number of aryl methyl sites for hydroxylation is 1. The molecule has 9 atom stereocenters. The van der Waals surface area contributed by atoms with Crippen LogP contribution >= 0.6 is 11.6 Å². The molecule has 7 unspecified atom stereocenters. The molecule has 1 aromatic rings. The van der Waals surface area contributed by atoms with E-state index in [0.29, 0.717) is 35.7 Å². The van der Waals surface area contributed by atoms with E-state index in [-0.39, 0.29) is 29.9 Å². The Bertz CT molecular complexity index is 1200. The zero-order chi connectivity index (χ0) is 27.5. The van der Waals surface area contributed by atoms with Crippen molar-refractivity contribution >= 4 is 35.0 Å². The molecular weight excluding hydrogens is 518 g/mol. The van der Waals surface area contributed by atoms with E-state index in [2.05, 4.69) is 24.5 Å². The number of ether oxygens (including phenoxy) is 2. The highest BCUT2D eigenvalue weighted by Crippen LogP contribution is 2.55. The summed E-state index contributed by atoms with van der Waals surface area (Å²) in [5.74, 6) is -1.40. The number of rotatable bonds is 6. The molecule has 1 spiro atoms. The summed E-state index contributed by atoms with van der Waals surface area (Å²) < 4.78 is 12.3. The van der Waals surface area contributed by atoms with Crippen LogP contribution in [0.15, 0.2) is 30.4 Å².